The average molecular weight is 361 g/mol. The molecule has 3 nitrogen and oxygen atoms in total. The van der Waals surface area contributed by atoms with Gasteiger partial charge in [0.15, 0.2) is 0 Å². The van der Waals surface area contributed by atoms with Crippen LogP contribution in [0.5, 0.6) is 0 Å². The summed E-state index contributed by atoms with van der Waals surface area (Å²) in [6.45, 7) is 0. The summed E-state index contributed by atoms with van der Waals surface area (Å²) in [6, 6.07) is 27.5. The van der Waals surface area contributed by atoms with Crippen LogP contribution in [0.3, 0.4) is 0 Å². The molecule has 28 heavy (non-hydrogen) atoms. The highest BCUT2D eigenvalue weighted by molar-refractivity contribution is 5.97. The molecule has 0 aliphatic heterocycles. The standard InChI is InChI=1S/C25H19N3/c26-14-9-10-17-15-5-1-3-7-19(15)25(21(17)11-14)20-8-4-2-6-16(20)18-12-23(27)24(28)13-22(18)25/h1-13H,26-28H2. The summed E-state index contributed by atoms with van der Waals surface area (Å²) in [7, 11) is 0. The lowest BCUT2D eigenvalue weighted by atomic mass is 9.70. The lowest BCUT2D eigenvalue weighted by Gasteiger charge is -2.30. The summed E-state index contributed by atoms with van der Waals surface area (Å²) in [4.78, 5) is 0. The summed E-state index contributed by atoms with van der Waals surface area (Å²) in [5.74, 6) is 0. The Labute approximate surface area is 163 Å². The molecule has 2 aliphatic rings. The number of fused-ring (bicyclic) bond motifs is 10. The Balaban J connectivity index is 1.87. The number of benzene rings is 4. The molecule has 4 aromatic rings. The van der Waals surface area contributed by atoms with Gasteiger partial charge in [0.25, 0.3) is 0 Å². The van der Waals surface area contributed by atoms with Crippen molar-refractivity contribution in [3.63, 3.8) is 0 Å². The van der Waals surface area contributed by atoms with Gasteiger partial charge in [-0.15, -0.1) is 0 Å². The molecule has 1 spiro atoms. The second-order valence-electron chi connectivity index (χ2n) is 7.67. The lowest BCUT2D eigenvalue weighted by Crippen LogP contribution is -2.26. The van der Waals surface area contributed by atoms with Gasteiger partial charge in [0.05, 0.1) is 16.8 Å². The highest BCUT2D eigenvalue weighted by Crippen LogP contribution is 2.63. The second kappa shape index (κ2) is 4.96. The van der Waals surface area contributed by atoms with Crippen LogP contribution in [0.4, 0.5) is 17.1 Å². The van der Waals surface area contributed by atoms with Crippen molar-refractivity contribution in [3.05, 3.63) is 101 Å². The molecule has 0 fully saturated rings. The topological polar surface area (TPSA) is 78.1 Å². The maximum Gasteiger partial charge on any atom is 0.0727 e. The van der Waals surface area contributed by atoms with Gasteiger partial charge in [0, 0.05) is 5.69 Å². The quantitative estimate of drug-likeness (QED) is 0.341. The zero-order valence-electron chi connectivity index (χ0n) is 15.2. The van der Waals surface area contributed by atoms with E-state index in [2.05, 4.69) is 66.7 Å². The van der Waals surface area contributed by atoms with Gasteiger partial charge < -0.3 is 17.2 Å². The van der Waals surface area contributed by atoms with Crippen molar-refractivity contribution >= 4 is 17.1 Å². The summed E-state index contributed by atoms with van der Waals surface area (Å²) >= 11 is 0. The molecule has 0 amide bonds. The predicted molar refractivity (Wildman–Crippen MR) is 116 cm³/mol. The molecular formula is C25H19N3. The third kappa shape index (κ3) is 1.61. The fourth-order valence-electron chi connectivity index (χ4n) is 5.23. The van der Waals surface area contributed by atoms with Gasteiger partial charge in [-0.1, -0.05) is 54.6 Å². The van der Waals surface area contributed by atoms with Crippen molar-refractivity contribution in [1.29, 1.82) is 0 Å². The lowest BCUT2D eigenvalue weighted by molar-refractivity contribution is 0.794. The van der Waals surface area contributed by atoms with Gasteiger partial charge >= 0.3 is 0 Å². The fraction of sp³-hybridized carbons (Fsp3) is 0.0400. The highest BCUT2D eigenvalue weighted by Gasteiger charge is 2.51. The van der Waals surface area contributed by atoms with Crippen molar-refractivity contribution in [3.8, 4) is 22.3 Å². The monoisotopic (exact) mass is 361 g/mol. The second-order valence-corrected chi connectivity index (χ2v) is 7.67. The van der Waals surface area contributed by atoms with Crippen LogP contribution in [-0.4, -0.2) is 0 Å². The maximum atomic E-state index is 6.30. The summed E-state index contributed by atoms with van der Waals surface area (Å²) in [5.41, 5.74) is 30.1. The van der Waals surface area contributed by atoms with Crippen molar-refractivity contribution in [2.24, 2.45) is 0 Å². The van der Waals surface area contributed by atoms with Gasteiger partial charge in [-0.25, -0.2) is 0 Å². The zero-order chi connectivity index (χ0) is 19.0. The molecule has 3 heteroatoms. The maximum absolute atomic E-state index is 6.30. The van der Waals surface area contributed by atoms with Crippen LogP contribution >= 0.6 is 0 Å². The largest absolute Gasteiger partial charge is 0.399 e. The summed E-state index contributed by atoms with van der Waals surface area (Å²) in [5, 5.41) is 0. The Hall–Kier alpha value is -3.72. The molecule has 0 heterocycles. The van der Waals surface area contributed by atoms with Gasteiger partial charge in [0.2, 0.25) is 0 Å². The summed E-state index contributed by atoms with van der Waals surface area (Å²) in [6.07, 6.45) is 0. The first-order valence-electron chi connectivity index (χ1n) is 9.41. The third-order valence-electron chi connectivity index (χ3n) is 6.32. The Morgan fingerprint density at radius 1 is 0.464 bits per heavy atom. The smallest absolute Gasteiger partial charge is 0.0727 e. The Bertz CT molecular complexity index is 1310. The molecule has 2 aliphatic carbocycles. The molecule has 4 aromatic carbocycles. The molecular weight excluding hydrogens is 342 g/mol. The molecule has 6 rings (SSSR count). The van der Waals surface area contributed by atoms with E-state index in [9.17, 15) is 0 Å². The van der Waals surface area contributed by atoms with Crippen LogP contribution in [0.25, 0.3) is 22.3 Å². The van der Waals surface area contributed by atoms with Crippen LogP contribution in [0.15, 0.2) is 78.9 Å². The van der Waals surface area contributed by atoms with Gasteiger partial charge in [-0.2, -0.15) is 0 Å². The van der Waals surface area contributed by atoms with E-state index in [0.717, 1.165) is 11.3 Å². The minimum Gasteiger partial charge on any atom is -0.399 e. The predicted octanol–water partition coefficient (Wildman–Crippen LogP) is 4.78. The van der Waals surface area contributed by atoms with E-state index < -0.39 is 5.41 Å². The van der Waals surface area contributed by atoms with Crippen molar-refractivity contribution < 1.29 is 0 Å². The van der Waals surface area contributed by atoms with E-state index >= 15 is 0 Å². The van der Waals surface area contributed by atoms with Gasteiger partial charge in [-0.05, 0) is 68.8 Å². The van der Waals surface area contributed by atoms with Crippen LogP contribution in [0.1, 0.15) is 22.3 Å². The van der Waals surface area contributed by atoms with E-state index in [1.807, 2.05) is 12.1 Å². The molecule has 6 N–H and O–H groups in total. The number of anilines is 3. The normalized spacial score (nSPS) is 17.9. The first-order chi connectivity index (χ1) is 13.6. The molecule has 0 saturated heterocycles. The van der Waals surface area contributed by atoms with E-state index in [-0.39, 0.29) is 0 Å². The average Bonchev–Trinajstić information content (AvgIpc) is 3.15. The molecule has 1 unspecified atom stereocenters. The molecule has 134 valence electrons. The van der Waals surface area contributed by atoms with E-state index in [1.54, 1.807) is 0 Å². The Kier molecular flexibility index (Phi) is 2.72. The van der Waals surface area contributed by atoms with Gasteiger partial charge in [0.1, 0.15) is 0 Å². The van der Waals surface area contributed by atoms with Crippen molar-refractivity contribution in [2.45, 2.75) is 5.41 Å². The molecule has 0 bridgehead atoms. The van der Waals surface area contributed by atoms with E-state index in [4.69, 9.17) is 17.2 Å². The third-order valence-corrected chi connectivity index (χ3v) is 6.32. The number of nitrogen functional groups attached to an aromatic ring is 3. The molecule has 1 atom stereocenters. The van der Waals surface area contributed by atoms with Crippen LogP contribution < -0.4 is 17.2 Å². The Morgan fingerprint density at radius 2 is 1.00 bits per heavy atom. The molecule has 0 saturated carbocycles. The van der Waals surface area contributed by atoms with Crippen molar-refractivity contribution in [2.75, 3.05) is 17.2 Å². The summed E-state index contributed by atoms with van der Waals surface area (Å²) < 4.78 is 0. The van der Waals surface area contributed by atoms with Crippen molar-refractivity contribution in [1.82, 2.24) is 0 Å². The first-order valence-corrected chi connectivity index (χ1v) is 9.41. The minimum absolute atomic E-state index is 0.422. The number of rotatable bonds is 0. The SMILES string of the molecule is Nc1ccc2c(c1)C1(c3ccccc3-2)c2ccccc2-c2cc(N)c(N)cc21. The Morgan fingerprint density at radius 3 is 1.71 bits per heavy atom. The molecule has 0 radical (unpaired) electrons. The minimum atomic E-state index is -0.422. The highest BCUT2D eigenvalue weighted by atomic mass is 14.7. The first kappa shape index (κ1) is 15.3. The van der Waals surface area contributed by atoms with E-state index in [0.29, 0.717) is 11.4 Å². The number of nitrogens with two attached hydrogens (primary N) is 3. The number of hydrogen-bond donors (Lipinski definition) is 3. The van der Waals surface area contributed by atoms with Gasteiger partial charge in [-0.3, -0.25) is 0 Å². The zero-order valence-corrected chi connectivity index (χ0v) is 15.2. The number of hydrogen-bond acceptors (Lipinski definition) is 3. The molecule has 0 aromatic heterocycles. The van der Waals surface area contributed by atoms with Crippen LogP contribution in [0, 0.1) is 0 Å². The van der Waals surface area contributed by atoms with Crippen LogP contribution in [0.2, 0.25) is 0 Å². The van der Waals surface area contributed by atoms with E-state index in [1.165, 1.54) is 38.9 Å². The fourth-order valence-corrected chi connectivity index (χ4v) is 5.23. The van der Waals surface area contributed by atoms with Crippen LogP contribution in [-0.2, 0) is 5.41 Å².